The van der Waals surface area contributed by atoms with Gasteiger partial charge in [-0.25, -0.2) is 13.4 Å². The number of rotatable bonds is 4. The summed E-state index contributed by atoms with van der Waals surface area (Å²) in [6.45, 7) is 0. The zero-order valence-electron chi connectivity index (χ0n) is 11.0. The van der Waals surface area contributed by atoms with Gasteiger partial charge < -0.3 is 5.73 Å². The second kappa shape index (κ2) is 5.37. The molecule has 0 radical (unpaired) electrons. The molecule has 0 aliphatic carbocycles. The Kier molecular flexibility index (Phi) is 3.76. The van der Waals surface area contributed by atoms with Gasteiger partial charge in [0.1, 0.15) is 5.82 Å². The fourth-order valence-electron chi connectivity index (χ4n) is 1.71. The molecule has 21 heavy (non-hydrogen) atoms. The zero-order chi connectivity index (χ0) is 15.6. The highest BCUT2D eigenvalue weighted by Crippen LogP contribution is 2.29. The Morgan fingerprint density at radius 1 is 1.29 bits per heavy atom. The van der Waals surface area contributed by atoms with E-state index in [4.69, 9.17) is 5.73 Å². The van der Waals surface area contributed by atoms with Gasteiger partial charge in [0.05, 0.1) is 4.92 Å². The van der Waals surface area contributed by atoms with Crippen molar-refractivity contribution in [1.82, 2.24) is 4.98 Å². The smallest absolute Gasteiger partial charge is 0.291 e. The molecule has 0 saturated carbocycles. The molecule has 0 fully saturated rings. The maximum Gasteiger partial charge on any atom is 0.291 e. The second-order valence-electron chi connectivity index (χ2n) is 4.14. The molecular formula is C12H12N4O4S. The molecule has 0 spiro atoms. The summed E-state index contributed by atoms with van der Waals surface area (Å²) in [6, 6.07) is 8.16. The van der Waals surface area contributed by atoms with Crippen LogP contribution < -0.4 is 10.0 Å². The molecule has 0 aliphatic heterocycles. The standard InChI is InChI=1S/C12H12N4O4S/c1-15(12-4-2-3-7-14-12)21(19,20)11-6-5-9(13)8-10(11)16(17)18/h2-8H,13H2,1H3. The third kappa shape index (κ3) is 2.77. The fourth-order valence-corrected chi connectivity index (χ4v) is 2.99. The molecule has 2 N–H and O–H groups in total. The van der Waals surface area contributed by atoms with Gasteiger partial charge >= 0.3 is 0 Å². The Morgan fingerprint density at radius 3 is 2.57 bits per heavy atom. The number of benzene rings is 1. The van der Waals surface area contributed by atoms with Gasteiger partial charge in [0, 0.05) is 25.0 Å². The lowest BCUT2D eigenvalue weighted by Crippen LogP contribution is -2.28. The van der Waals surface area contributed by atoms with E-state index in [1.165, 1.54) is 25.4 Å². The summed E-state index contributed by atoms with van der Waals surface area (Å²) in [4.78, 5) is 13.7. The second-order valence-corrected chi connectivity index (χ2v) is 6.08. The number of nitrogens with zero attached hydrogens (tertiary/aromatic N) is 3. The summed E-state index contributed by atoms with van der Waals surface area (Å²) in [5, 5.41) is 11.0. The van der Waals surface area contributed by atoms with Crippen LogP contribution in [0.25, 0.3) is 0 Å². The SMILES string of the molecule is CN(c1ccccn1)S(=O)(=O)c1ccc(N)cc1[N+](=O)[O-]. The topological polar surface area (TPSA) is 119 Å². The molecule has 110 valence electrons. The number of hydrogen-bond acceptors (Lipinski definition) is 6. The predicted molar refractivity (Wildman–Crippen MR) is 77.3 cm³/mol. The van der Waals surface area contributed by atoms with E-state index in [0.29, 0.717) is 0 Å². The van der Waals surface area contributed by atoms with Crippen LogP contribution in [0.4, 0.5) is 17.2 Å². The van der Waals surface area contributed by atoms with Crippen LogP contribution >= 0.6 is 0 Å². The highest BCUT2D eigenvalue weighted by Gasteiger charge is 2.30. The third-order valence-corrected chi connectivity index (χ3v) is 4.60. The number of anilines is 2. The van der Waals surface area contributed by atoms with E-state index in [1.54, 1.807) is 12.1 Å². The maximum absolute atomic E-state index is 12.5. The number of nitro groups is 1. The Labute approximate surface area is 121 Å². The maximum atomic E-state index is 12.5. The first-order valence-corrected chi connectivity index (χ1v) is 7.22. The summed E-state index contributed by atoms with van der Waals surface area (Å²) in [5.74, 6) is 0.156. The molecule has 2 rings (SSSR count). The Morgan fingerprint density at radius 2 is 2.00 bits per heavy atom. The number of nitro benzene ring substituents is 1. The number of aromatic nitrogens is 1. The van der Waals surface area contributed by atoms with Crippen molar-refractivity contribution in [3.63, 3.8) is 0 Å². The molecule has 0 saturated heterocycles. The van der Waals surface area contributed by atoms with E-state index < -0.39 is 25.5 Å². The Bertz CT molecular complexity index is 777. The molecule has 0 unspecified atom stereocenters. The first kappa shape index (κ1) is 14.7. The normalized spacial score (nSPS) is 11.1. The van der Waals surface area contributed by atoms with E-state index >= 15 is 0 Å². The summed E-state index contributed by atoms with van der Waals surface area (Å²) in [5.41, 5.74) is 5.01. The molecule has 1 heterocycles. The van der Waals surface area contributed by atoms with E-state index in [1.807, 2.05) is 0 Å². The molecule has 1 aromatic carbocycles. The van der Waals surface area contributed by atoms with Crippen molar-refractivity contribution in [2.45, 2.75) is 4.90 Å². The highest BCUT2D eigenvalue weighted by atomic mass is 32.2. The van der Waals surface area contributed by atoms with Gasteiger partial charge in [-0.15, -0.1) is 0 Å². The van der Waals surface area contributed by atoms with Gasteiger partial charge in [-0.1, -0.05) is 6.07 Å². The molecule has 8 nitrogen and oxygen atoms in total. The van der Waals surface area contributed by atoms with Crippen LogP contribution in [0.15, 0.2) is 47.5 Å². The van der Waals surface area contributed by atoms with E-state index in [0.717, 1.165) is 16.4 Å². The monoisotopic (exact) mass is 308 g/mol. The molecule has 0 amide bonds. The Balaban J connectivity index is 2.57. The minimum atomic E-state index is -4.11. The third-order valence-electron chi connectivity index (χ3n) is 2.79. The quantitative estimate of drug-likeness (QED) is 0.518. The van der Waals surface area contributed by atoms with Gasteiger partial charge in [-0.3, -0.25) is 14.4 Å². The van der Waals surface area contributed by atoms with Crippen molar-refractivity contribution in [3.05, 3.63) is 52.7 Å². The van der Waals surface area contributed by atoms with Crippen molar-refractivity contribution in [2.75, 3.05) is 17.1 Å². The first-order valence-electron chi connectivity index (χ1n) is 5.78. The lowest BCUT2D eigenvalue weighted by atomic mass is 10.3. The van der Waals surface area contributed by atoms with Crippen molar-refractivity contribution in [1.29, 1.82) is 0 Å². The van der Waals surface area contributed by atoms with Gasteiger partial charge in [0.2, 0.25) is 0 Å². The van der Waals surface area contributed by atoms with Gasteiger partial charge in [0.25, 0.3) is 15.7 Å². The summed E-state index contributed by atoms with van der Waals surface area (Å²) in [7, 11) is -2.84. The van der Waals surface area contributed by atoms with Gasteiger partial charge in [-0.05, 0) is 24.3 Å². The highest BCUT2D eigenvalue weighted by molar-refractivity contribution is 7.93. The summed E-state index contributed by atoms with van der Waals surface area (Å²) in [6.07, 6.45) is 1.43. The largest absolute Gasteiger partial charge is 0.399 e. The van der Waals surface area contributed by atoms with Gasteiger partial charge in [0.15, 0.2) is 4.90 Å². The zero-order valence-corrected chi connectivity index (χ0v) is 11.8. The van der Waals surface area contributed by atoms with Crippen LogP contribution in [0.1, 0.15) is 0 Å². The number of hydrogen-bond donors (Lipinski definition) is 1. The molecule has 9 heteroatoms. The number of sulfonamides is 1. The minimum absolute atomic E-state index is 0.112. The van der Waals surface area contributed by atoms with Gasteiger partial charge in [-0.2, -0.15) is 0 Å². The van der Waals surface area contributed by atoms with Crippen LogP contribution in [0.2, 0.25) is 0 Å². The number of nitrogens with two attached hydrogens (primary N) is 1. The summed E-state index contributed by atoms with van der Waals surface area (Å²) < 4.78 is 25.9. The number of pyridine rings is 1. The molecular weight excluding hydrogens is 296 g/mol. The Hall–Kier alpha value is -2.68. The predicted octanol–water partition coefficient (Wildman–Crippen LogP) is 1.40. The van der Waals surface area contributed by atoms with Crippen LogP contribution in [-0.4, -0.2) is 25.4 Å². The fraction of sp³-hybridized carbons (Fsp3) is 0.0833. The van der Waals surface area contributed by atoms with Crippen molar-refractivity contribution in [2.24, 2.45) is 0 Å². The minimum Gasteiger partial charge on any atom is -0.399 e. The molecule has 0 bridgehead atoms. The van der Waals surface area contributed by atoms with Crippen LogP contribution in [0.5, 0.6) is 0 Å². The van der Waals surface area contributed by atoms with E-state index in [9.17, 15) is 18.5 Å². The number of nitrogen functional groups attached to an aromatic ring is 1. The molecule has 0 aliphatic rings. The average Bonchev–Trinajstić information content (AvgIpc) is 2.47. The summed E-state index contributed by atoms with van der Waals surface area (Å²) >= 11 is 0. The molecule has 2 aromatic rings. The van der Waals surface area contributed by atoms with Crippen molar-refractivity contribution >= 4 is 27.2 Å². The van der Waals surface area contributed by atoms with Crippen molar-refractivity contribution in [3.8, 4) is 0 Å². The molecule has 1 aromatic heterocycles. The van der Waals surface area contributed by atoms with E-state index in [2.05, 4.69) is 4.98 Å². The molecule has 0 atom stereocenters. The van der Waals surface area contributed by atoms with Crippen molar-refractivity contribution < 1.29 is 13.3 Å². The van der Waals surface area contributed by atoms with Crippen LogP contribution in [0, 0.1) is 10.1 Å². The van der Waals surface area contributed by atoms with Crippen LogP contribution in [0.3, 0.4) is 0 Å². The average molecular weight is 308 g/mol. The lowest BCUT2D eigenvalue weighted by Gasteiger charge is -2.18. The van der Waals surface area contributed by atoms with E-state index in [-0.39, 0.29) is 11.5 Å². The lowest BCUT2D eigenvalue weighted by molar-refractivity contribution is -0.387. The first-order chi connectivity index (χ1) is 9.84. The van der Waals surface area contributed by atoms with Crippen LogP contribution in [-0.2, 0) is 10.0 Å².